The van der Waals surface area contributed by atoms with Crippen molar-refractivity contribution in [3.05, 3.63) is 53.6 Å². The fourth-order valence-electron chi connectivity index (χ4n) is 4.79. The Kier molecular flexibility index (Phi) is 11.2. The van der Waals surface area contributed by atoms with Gasteiger partial charge >= 0.3 is 0 Å². The van der Waals surface area contributed by atoms with Crippen molar-refractivity contribution in [2.45, 2.75) is 40.0 Å². The molecule has 3 aliphatic heterocycles. The maximum absolute atomic E-state index is 13.2. The number of benzene rings is 2. The van der Waals surface area contributed by atoms with Crippen molar-refractivity contribution in [1.82, 2.24) is 14.1 Å². The van der Waals surface area contributed by atoms with Crippen LogP contribution in [-0.4, -0.2) is 107 Å². The molecule has 2 saturated heterocycles. The van der Waals surface area contributed by atoms with Crippen molar-refractivity contribution in [1.29, 1.82) is 0 Å². The molecule has 1 unspecified atom stereocenters. The Morgan fingerprint density at radius 3 is 1.90 bits per heavy atom. The summed E-state index contributed by atoms with van der Waals surface area (Å²) >= 11 is 1.78. The Labute approximate surface area is 242 Å². The van der Waals surface area contributed by atoms with Gasteiger partial charge in [0.25, 0.3) is 20.2 Å². The smallest absolute Gasteiger partial charge is 0.261 e. The van der Waals surface area contributed by atoms with Gasteiger partial charge < -0.3 is 4.90 Å². The summed E-state index contributed by atoms with van der Waals surface area (Å²) in [5, 5.41) is 0. The van der Waals surface area contributed by atoms with Crippen molar-refractivity contribution in [2.75, 3.05) is 58.8 Å². The van der Waals surface area contributed by atoms with E-state index in [1.165, 1.54) is 20.9 Å². The minimum absolute atomic E-state index is 0.207. The molecule has 0 bridgehead atoms. The molecular weight excluding hydrogens is 599 g/mol. The second-order valence-electron chi connectivity index (χ2n) is 10.0. The van der Waals surface area contributed by atoms with Crippen LogP contribution in [0.1, 0.15) is 30.0 Å². The molecule has 224 valence electrons. The highest BCUT2D eigenvalue weighted by molar-refractivity contribution is 7.99. The van der Waals surface area contributed by atoms with E-state index in [0.717, 1.165) is 45.4 Å². The van der Waals surface area contributed by atoms with Crippen molar-refractivity contribution in [3.63, 3.8) is 0 Å². The SMILES string of the molecule is CN1CCN(C2Cc3ccccc3Sc3ccc(S(=O)(=O)N4CCCC4)cc32)CC1.CS(=O)(=O)O.CS(=O)(=O)O. The molecule has 0 saturated carbocycles. The van der Waals surface area contributed by atoms with Crippen molar-refractivity contribution < 1.29 is 34.4 Å². The van der Waals surface area contributed by atoms with Gasteiger partial charge in [-0.15, -0.1) is 0 Å². The molecule has 2 fully saturated rings. The first-order chi connectivity index (χ1) is 18.5. The fourth-order valence-corrected chi connectivity index (χ4v) is 7.45. The molecule has 15 heteroatoms. The van der Waals surface area contributed by atoms with Gasteiger partial charge in [-0.25, -0.2) is 8.42 Å². The summed E-state index contributed by atoms with van der Waals surface area (Å²) < 4.78 is 79.9. The average Bonchev–Trinajstić information content (AvgIpc) is 3.33. The van der Waals surface area contributed by atoms with Gasteiger partial charge in [-0.3, -0.25) is 14.0 Å². The molecule has 0 aliphatic carbocycles. The monoisotopic (exact) mass is 635 g/mol. The summed E-state index contributed by atoms with van der Waals surface area (Å²) in [6.45, 7) is 5.40. The van der Waals surface area contributed by atoms with Gasteiger partial charge in [0.05, 0.1) is 17.4 Å². The van der Waals surface area contributed by atoms with Crippen LogP contribution in [0.3, 0.4) is 0 Å². The van der Waals surface area contributed by atoms with E-state index >= 15 is 0 Å². The molecule has 2 aromatic carbocycles. The van der Waals surface area contributed by atoms with Crippen LogP contribution in [0.2, 0.25) is 0 Å². The topological polar surface area (TPSA) is 153 Å². The summed E-state index contributed by atoms with van der Waals surface area (Å²) in [6.07, 6.45) is 4.27. The first-order valence-electron chi connectivity index (χ1n) is 12.7. The first kappa shape index (κ1) is 32.9. The molecule has 2 aromatic rings. The standard InChI is InChI=1S/C23H29N3O2S2.2CH4O3S/c1-24-12-14-25(15-13-24)21-16-18-6-2-3-7-22(18)29-23-9-8-19(17-20(21)23)30(27,28)26-10-4-5-11-26;2*1-5(2,3)4/h2-3,6-9,17,21H,4-5,10-16H2,1H3;2*1H3,(H,2,3,4). The van der Waals surface area contributed by atoms with E-state index in [0.29, 0.717) is 30.5 Å². The lowest BCUT2D eigenvalue weighted by molar-refractivity contribution is 0.109. The summed E-state index contributed by atoms with van der Waals surface area (Å²) in [5.41, 5.74) is 2.52. The lowest BCUT2D eigenvalue weighted by Gasteiger charge is -2.38. The fraction of sp³-hybridized carbons (Fsp3) is 0.520. The number of sulfonamides is 1. The van der Waals surface area contributed by atoms with Gasteiger partial charge in [0.1, 0.15) is 0 Å². The lowest BCUT2D eigenvalue weighted by Crippen LogP contribution is -2.46. The molecule has 0 radical (unpaired) electrons. The van der Waals surface area contributed by atoms with E-state index in [-0.39, 0.29) is 6.04 Å². The van der Waals surface area contributed by atoms with Gasteiger partial charge in [-0.1, -0.05) is 30.0 Å². The molecule has 0 aromatic heterocycles. The molecule has 40 heavy (non-hydrogen) atoms. The number of fused-ring (bicyclic) bond motifs is 2. The molecule has 5 rings (SSSR count). The highest BCUT2D eigenvalue weighted by Crippen LogP contribution is 2.44. The maximum atomic E-state index is 13.2. The molecule has 0 amide bonds. The summed E-state index contributed by atoms with van der Waals surface area (Å²) in [5.74, 6) is 0. The van der Waals surface area contributed by atoms with Crippen LogP contribution < -0.4 is 0 Å². The second-order valence-corrected chi connectivity index (χ2v) is 16.0. The molecular formula is C25H37N3O8S4. The van der Waals surface area contributed by atoms with Crippen molar-refractivity contribution in [3.8, 4) is 0 Å². The minimum atomic E-state index is -3.67. The van der Waals surface area contributed by atoms with E-state index in [1.54, 1.807) is 16.1 Å². The highest BCUT2D eigenvalue weighted by atomic mass is 32.2. The van der Waals surface area contributed by atoms with E-state index in [2.05, 4.69) is 41.1 Å². The van der Waals surface area contributed by atoms with Crippen LogP contribution in [-0.2, 0) is 36.7 Å². The van der Waals surface area contributed by atoms with Crippen LogP contribution in [0.4, 0.5) is 0 Å². The zero-order valence-electron chi connectivity index (χ0n) is 22.8. The Bertz CT molecular complexity index is 1440. The third kappa shape index (κ3) is 10.1. The molecule has 3 heterocycles. The second kappa shape index (κ2) is 13.6. The summed E-state index contributed by atoms with van der Waals surface area (Å²) in [6, 6.07) is 14.6. The quantitative estimate of drug-likeness (QED) is 0.479. The number of piperazine rings is 1. The Hall–Kier alpha value is -1.56. The van der Waals surface area contributed by atoms with Crippen LogP contribution >= 0.6 is 11.8 Å². The van der Waals surface area contributed by atoms with Crippen LogP contribution in [0.15, 0.2) is 57.2 Å². The largest absolute Gasteiger partial charge is 0.304 e. The summed E-state index contributed by atoms with van der Waals surface area (Å²) in [7, 11) is -8.58. The van der Waals surface area contributed by atoms with E-state index in [4.69, 9.17) is 9.11 Å². The van der Waals surface area contributed by atoms with Gasteiger partial charge in [0.2, 0.25) is 10.0 Å². The van der Waals surface area contributed by atoms with Crippen LogP contribution in [0.25, 0.3) is 0 Å². The predicted molar refractivity (Wildman–Crippen MR) is 155 cm³/mol. The minimum Gasteiger partial charge on any atom is -0.304 e. The van der Waals surface area contributed by atoms with Crippen LogP contribution in [0.5, 0.6) is 0 Å². The van der Waals surface area contributed by atoms with Gasteiger partial charge in [0, 0.05) is 55.1 Å². The van der Waals surface area contributed by atoms with Crippen molar-refractivity contribution >= 4 is 42.0 Å². The predicted octanol–water partition coefficient (Wildman–Crippen LogP) is 2.47. The molecule has 2 N–H and O–H groups in total. The highest BCUT2D eigenvalue weighted by Gasteiger charge is 2.32. The van der Waals surface area contributed by atoms with Crippen LogP contribution in [0, 0.1) is 0 Å². The molecule has 0 spiro atoms. The Morgan fingerprint density at radius 2 is 1.32 bits per heavy atom. The zero-order valence-corrected chi connectivity index (χ0v) is 26.1. The number of nitrogens with zero attached hydrogens (tertiary/aromatic N) is 3. The van der Waals surface area contributed by atoms with Gasteiger partial charge in [-0.05, 0) is 61.7 Å². The van der Waals surface area contributed by atoms with E-state index < -0.39 is 30.3 Å². The first-order valence-corrected chi connectivity index (χ1v) is 18.6. The number of hydrogen-bond acceptors (Lipinski definition) is 9. The lowest BCUT2D eigenvalue weighted by atomic mass is 9.96. The molecule has 11 nitrogen and oxygen atoms in total. The third-order valence-electron chi connectivity index (χ3n) is 6.63. The van der Waals surface area contributed by atoms with Gasteiger partial charge in [0.15, 0.2) is 0 Å². The third-order valence-corrected chi connectivity index (χ3v) is 9.73. The van der Waals surface area contributed by atoms with E-state index in [1.807, 2.05) is 18.2 Å². The molecule has 1 atom stereocenters. The zero-order chi connectivity index (χ0) is 29.7. The number of hydrogen-bond donors (Lipinski definition) is 2. The summed E-state index contributed by atoms with van der Waals surface area (Å²) in [4.78, 5) is 7.84. The maximum Gasteiger partial charge on any atom is 0.261 e. The van der Waals surface area contributed by atoms with E-state index in [9.17, 15) is 25.3 Å². The van der Waals surface area contributed by atoms with Crippen molar-refractivity contribution in [2.24, 2.45) is 0 Å². The Morgan fingerprint density at radius 1 is 0.775 bits per heavy atom. The van der Waals surface area contributed by atoms with Gasteiger partial charge in [-0.2, -0.15) is 21.1 Å². The molecule has 3 aliphatic rings. The normalized spacial score (nSPS) is 20.7. The average molecular weight is 636 g/mol. The number of likely N-dealkylation sites (N-methyl/N-ethyl adjacent to an activating group) is 1. The Balaban J connectivity index is 0.000000381. The number of rotatable bonds is 3.